The molecule has 42 heavy (non-hydrogen) atoms. The first kappa shape index (κ1) is 35.7. The first-order valence-corrected chi connectivity index (χ1v) is 15.5. The monoisotopic (exact) mass is 589 g/mol. The van der Waals surface area contributed by atoms with Crippen LogP contribution in [0.2, 0.25) is 0 Å². The van der Waals surface area contributed by atoms with Crippen LogP contribution in [0.3, 0.4) is 0 Å². The number of benzene rings is 1. The lowest BCUT2D eigenvalue weighted by Crippen LogP contribution is -2.53. The van der Waals surface area contributed by atoms with E-state index < -0.39 is 30.3 Å². The zero-order chi connectivity index (χ0) is 31.6. The van der Waals surface area contributed by atoms with Crippen LogP contribution in [0.25, 0.3) is 0 Å². The number of aliphatic hydroxyl groups is 1. The standard InChI is InChI=1S/C33H55N3O6/c1-10-22(4)30(35(7)28(37)19-21(2)3)27(41-8)20-29(38)36-18-14-17-26(36)32(42-9)23(5)33(40)34-24(6)31(39)25-15-12-11-13-16-25/h11-13,15-16,21-24,26-27,30-32,39H,10,14,17-20H2,1-9H3,(H,34,40)/t22?,23-,24-,26+,27?,30?,31?,32?/m1/s1. The van der Waals surface area contributed by atoms with Crippen LogP contribution < -0.4 is 5.32 Å². The van der Waals surface area contributed by atoms with Crippen LogP contribution in [-0.4, -0.2) is 90.8 Å². The zero-order valence-electron chi connectivity index (χ0n) is 27.2. The minimum Gasteiger partial charge on any atom is -0.386 e. The number of amides is 3. The van der Waals surface area contributed by atoms with Crippen LogP contribution >= 0.6 is 0 Å². The van der Waals surface area contributed by atoms with Gasteiger partial charge in [0.1, 0.15) is 0 Å². The average Bonchev–Trinajstić information content (AvgIpc) is 3.46. The normalized spacial score (nSPS) is 20.4. The Labute approximate surface area is 253 Å². The van der Waals surface area contributed by atoms with E-state index in [-0.39, 0.29) is 48.1 Å². The van der Waals surface area contributed by atoms with Gasteiger partial charge in [-0.2, -0.15) is 0 Å². The number of carbonyl (C=O) groups excluding carboxylic acids is 3. The Morgan fingerprint density at radius 1 is 1.05 bits per heavy atom. The second-order valence-corrected chi connectivity index (χ2v) is 12.4. The Balaban J connectivity index is 2.15. The molecule has 1 aliphatic heterocycles. The van der Waals surface area contributed by atoms with Crippen molar-refractivity contribution in [2.75, 3.05) is 27.8 Å². The van der Waals surface area contributed by atoms with Gasteiger partial charge in [-0.1, -0.05) is 71.4 Å². The summed E-state index contributed by atoms with van der Waals surface area (Å²) in [4.78, 5) is 43.7. The predicted molar refractivity (Wildman–Crippen MR) is 165 cm³/mol. The molecular weight excluding hydrogens is 534 g/mol. The van der Waals surface area contributed by atoms with E-state index in [4.69, 9.17) is 9.47 Å². The van der Waals surface area contributed by atoms with E-state index in [2.05, 4.69) is 19.2 Å². The van der Waals surface area contributed by atoms with Crippen molar-refractivity contribution in [2.24, 2.45) is 17.8 Å². The van der Waals surface area contributed by atoms with Crippen LogP contribution in [0, 0.1) is 17.8 Å². The molecule has 0 bridgehead atoms. The first-order valence-electron chi connectivity index (χ1n) is 15.5. The Morgan fingerprint density at radius 3 is 2.24 bits per heavy atom. The molecule has 1 heterocycles. The molecule has 0 aliphatic carbocycles. The topological polar surface area (TPSA) is 108 Å². The molecule has 5 unspecified atom stereocenters. The molecular formula is C33H55N3O6. The van der Waals surface area contributed by atoms with Crippen LogP contribution in [0.15, 0.2) is 30.3 Å². The Kier molecular flexibility index (Phi) is 14.4. The van der Waals surface area contributed by atoms with E-state index in [1.807, 2.05) is 56.1 Å². The van der Waals surface area contributed by atoms with Crippen LogP contribution in [0.1, 0.15) is 85.3 Å². The van der Waals surface area contributed by atoms with Gasteiger partial charge < -0.3 is 29.7 Å². The average molecular weight is 590 g/mol. The third kappa shape index (κ3) is 9.25. The number of hydrogen-bond acceptors (Lipinski definition) is 6. The van der Waals surface area contributed by atoms with Gasteiger partial charge in [0, 0.05) is 34.2 Å². The Morgan fingerprint density at radius 2 is 1.69 bits per heavy atom. The second-order valence-electron chi connectivity index (χ2n) is 12.4. The Hall–Kier alpha value is -2.49. The van der Waals surface area contributed by atoms with Crippen molar-refractivity contribution in [3.8, 4) is 0 Å². The third-order valence-corrected chi connectivity index (χ3v) is 8.87. The number of hydrogen-bond donors (Lipinski definition) is 2. The summed E-state index contributed by atoms with van der Waals surface area (Å²) in [6.45, 7) is 12.4. The molecule has 0 saturated carbocycles. The number of nitrogens with zero attached hydrogens (tertiary/aromatic N) is 2. The quantitative estimate of drug-likeness (QED) is 0.299. The summed E-state index contributed by atoms with van der Waals surface area (Å²) in [6.07, 6.45) is 1.15. The molecule has 1 aromatic rings. The molecule has 0 aromatic heterocycles. The molecule has 2 N–H and O–H groups in total. The molecule has 0 spiro atoms. The Bertz CT molecular complexity index is 989. The van der Waals surface area contributed by atoms with Crippen molar-refractivity contribution >= 4 is 17.7 Å². The molecule has 9 heteroatoms. The SMILES string of the molecule is CCC(C)C(C(CC(=O)N1CCC[C@H]1C(OC)[C@@H](C)C(=O)N[C@H](C)C(O)c1ccccc1)OC)N(C)C(=O)CC(C)C. The highest BCUT2D eigenvalue weighted by atomic mass is 16.5. The number of rotatable bonds is 16. The molecule has 238 valence electrons. The van der Waals surface area contributed by atoms with E-state index in [0.29, 0.717) is 13.0 Å². The number of likely N-dealkylation sites (tertiary alicyclic amines) is 1. The fraction of sp³-hybridized carbons (Fsp3) is 0.727. The minimum absolute atomic E-state index is 0.0507. The maximum absolute atomic E-state index is 13.8. The fourth-order valence-corrected chi connectivity index (χ4v) is 6.19. The van der Waals surface area contributed by atoms with Crippen LogP contribution in [0.4, 0.5) is 0 Å². The van der Waals surface area contributed by atoms with Gasteiger partial charge in [-0.3, -0.25) is 14.4 Å². The van der Waals surface area contributed by atoms with Crippen molar-refractivity contribution in [3.05, 3.63) is 35.9 Å². The van der Waals surface area contributed by atoms with Gasteiger partial charge in [0.05, 0.1) is 48.8 Å². The van der Waals surface area contributed by atoms with Crippen molar-refractivity contribution in [3.63, 3.8) is 0 Å². The molecule has 9 nitrogen and oxygen atoms in total. The van der Waals surface area contributed by atoms with Crippen molar-refractivity contribution in [2.45, 2.75) is 110 Å². The second kappa shape index (κ2) is 17.0. The number of methoxy groups -OCH3 is 2. The highest BCUT2D eigenvalue weighted by Gasteiger charge is 2.42. The summed E-state index contributed by atoms with van der Waals surface area (Å²) in [7, 11) is 4.99. The molecule has 1 aliphatic rings. The molecule has 1 aromatic carbocycles. The summed E-state index contributed by atoms with van der Waals surface area (Å²) >= 11 is 0. The molecule has 1 fully saturated rings. The van der Waals surface area contributed by atoms with Gasteiger partial charge >= 0.3 is 0 Å². The van der Waals surface area contributed by atoms with Gasteiger partial charge in [-0.25, -0.2) is 0 Å². The lowest BCUT2D eigenvalue weighted by molar-refractivity contribution is -0.146. The number of carbonyl (C=O) groups is 3. The predicted octanol–water partition coefficient (Wildman–Crippen LogP) is 4.19. The molecule has 2 rings (SSSR count). The highest BCUT2D eigenvalue weighted by Crippen LogP contribution is 2.30. The lowest BCUT2D eigenvalue weighted by atomic mass is 9.90. The van der Waals surface area contributed by atoms with Gasteiger partial charge in [0.2, 0.25) is 17.7 Å². The van der Waals surface area contributed by atoms with Gasteiger partial charge in [-0.05, 0) is 37.2 Å². The highest BCUT2D eigenvalue weighted by molar-refractivity contribution is 5.81. The smallest absolute Gasteiger partial charge is 0.225 e. The van der Waals surface area contributed by atoms with Gasteiger partial charge in [0.25, 0.3) is 0 Å². The minimum atomic E-state index is -0.845. The van der Waals surface area contributed by atoms with Crippen LogP contribution in [0.5, 0.6) is 0 Å². The van der Waals surface area contributed by atoms with E-state index in [0.717, 1.165) is 24.8 Å². The first-order chi connectivity index (χ1) is 19.9. The fourth-order valence-electron chi connectivity index (χ4n) is 6.19. The number of aliphatic hydroxyl groups excluding tert-OH is 1. The molecule has 1 saturated heterocycles. The van der Waals surface area contributed by atoms with Crippen LogP contribution in [-0.2, 0) is 23.9 Å². The lowest BCUT2D eigenvalue weighted by Gasteiger charge is -2.39. The molecule has 8 atom stereocenters. The summed E-state index contributed by atoms with van der Waals surface area (Å²) in [5.41, 5.74) is 0.730. The number of nitrogens with one attached hydrogen (secondary N) is 1. The van der Waals surface area contributed by atoms with Gasteiger partial charge in [-0.15, -0.1) is 0 Å². The summed E-state index contributed by atoms with van der Waals surface area (Å²) in [5, 5.41) is 13.7. The van der Waals surface area contributed by atoms with E-state index in [1.54, 1.807) is 33.0 Å². The van der Waals surface area contributed by atoms with E-state index in [9.17, 15) is 19.5 Å². The van der Waals surface area contributed by atoms with Crippen molar-refractivity contribution in [1.29, 1.82) is 0 Å². The third-order valence-electron chi connectivity index (χ3n) is 8.87. The van der Waals surface area contributed by atoms with Gasteiger partial charge in [0.15, 0.2) is 0 Å². The zero-order valence-corrected chi connectivity index (χ0v) is 27.2. The maximum atomic E-state index is 13.8. The summed E-state index contributed by atoms with van der Waals surface area (Å²) in [6, 6.07) is 8.22. The van der Waals surface area contributed by atoms with E-state index in [1.165, 1.54) is 0 Å². The van der Waals surface area contributed by atoms with E-state index >= 15 is 0 Å². The largest absolute Gasteiger partial charge is 0.386 e. The maximum Gasteiger partial charge on any atom is 0.225 e. The molecule has 0 radical (unpaired) electrons. The number of ether oxygens (including phenoxy) is 2. The molecule has 3 amide bonds. The van der Waals surface area contributed by atoms with Crippen molar-refractivity contribution < 1.29 is 29.0 Å². The van der Waals surface area contributed by atoms with Crippen molar-refractivity contribution in [1.82, 2.24) is 15.1 Å². The number of likely N-dealkylation sites (N-methyl/N-ethyl adjacent to an activating group) is 1. The summed E-state index contributed by atoms with van der Waals surface area (Å²) in [5.74, 6) is -0.424. The summed E-state index contributed by atoms with van der Waals surface area (Å²) < 4.78 is 11.8.